The molecule has 0 spiro atoms. The van der Waals surface area contributed by atoms with Gasteiger partial charge in [-0.05, 0) is 29.7 Å². The molecule has 0 bridgehead atoms. The second-order valence-electron chi connectivity index (χ2n) is 7.02. The Balaban J connectivity index is 1.61. The van der Waals surface area contributed by atoms with Crippen LogP contribution in [-0.4, -0.2) is 35.7 Å². The molecule has 3 aromatic rings. The van der Waals surface area contributed by atoms with Crippen LogP contribution in [-0.2, 0) is 25.7 Å². The number of hydrogen-bond acceptors (Lipinski definition) is 8. The van der Waals surface area contributed by atoms with E-state index in [1.54, 1.807) is 37.4 Å². The van der Waals surface area contributed by atoms with E-state index >= 15 is 0 Å². The number of methoxy groups -OCH3 is 1. The number of ether oxygens (including phenoxy) is 2. The van der Waals surface area contributed by atoms with Crippen molar-refractivity contribution < 1.29 is 23.9 Å². The van der Waals surface area contributed by atoms with Crippen molar-refractivity contribution in [2.75, 3.05) is 12.4 Å². The van der Waals surface area contributed by atoms with E-state index in [4.69, 9.17) is 14.9 Å². The lowest BCUT2D eigenvalue weighted by Gasteiger charge is -2.14. The number of nitrogens with one attached hydrogen (secondary N) is 2. The Bertz CT molecular complexity index is 1140. The number of thiazole rings is 1. The zero-order valence-corrected chi connectivity index (χ0v) is 19.0. The number of rotatable bonds is 9. The molecule has 2 N–H and O–H groups in total. The first-order valence-electron chi connectivity index (χ1n) is 10.2. The third-order valence-corrected chi connectivity index (χ3v) is 5.79. The molecular formula is C24H23N3O5S. The molecule has 1 aromatic heterocycles. The van der Waals surface area contributed by atoms with E-state index in [9.17, 15) is 14.4 Å². The number of hydrogen-bond donors (Lipinski definition) is 2. The Hall–Kier alpha value is -3.85. The molecule has 0 saturated heterocycles. The van der Waals surface area contributed by atoms with E-state index < -0.39 is 29.5 Å². The highest BCUT2D eigenvalue weighted by atomic mass is 32.1. The minimum absolute atomic E-state index is 0.0325. The number of amides is 1. The molecule has 0 aliphatic heterocycles. The maximum atomic E-state index is 12.7. The maximum Gasteiger partial charge on any atom is 0.353 e. The van der Waals surface area contributed by atoms with Gasteiger partial charge in [0.15, 0.2) is 5.13 Å². The summed E-state index contributed by atoms with van der Waals surface area (Å²) in [5.74, 6) is -2.71. The Kier molecular flexibility index (Phi) is 8.04. The van der Waals surface area contributed by atoms with E-state index in [0.29, 0.717) is 10.7 Å². The minimum Gasteiger partial charge on any atom is -0.465 e. The molecular weight excluding hydrogens is 442 g/mol. The van der Waals surface area contributed by atoms with E-state index in [1.165, 1.54) is 18.4 Å². The third-order valence-electron chi connectivity index (χ3n) is 4.83. The van der Waals surface area contributed by atoms with Gasteiger partial charge in [0.05, 0.1) is 23.5 Å². The molecule has 8 nitrogen and oxygen atoms in total. The van der Waals surface area contributed by atoms with E-state index in [0.717, 1.165) is 16.0 Å². The summed E-state index contributed by atoms with van der Waals surface area (Å²) in [6.07, 6.45) is 1.87. The predicted octanol–water partition coefficient (Wildman–Crippen LogP) is 4.32. The Labute approximate surface area is 195 Å². The summed E-state index contributed by atoms with van der Waals surface area (Å²) in [5.41, 5.74) is 1.65. The number of esters is 2. The van der Waals surface area contributed by atoms with Crippen molar-refractivity contribution in [1.82, 2.24) is 4.98 Å². The highest BCUT2D eigenvalue weighted by Crippen LogP contribution is 2.29. The third kappa shape index (κ3) is 6.11. The largest absolute Gasteiger partial charge is 0.465 e. The van der Waals surface area contributed by atoms with Crippen molar-refractivity contribution in [3.05, 3.63) is 71.9 Å². The molecule has 1 heterocycles. The van der Waals surface area contributed by atoms with Gasteiger partial charge >= 0.3 is 11.9 Å². The van der Waals surface area contributed by atoms with Gasteiger partial charge in [0.2, 0.25) is 5.91 Å². The first-order chi connectivity index (χ1) is 15.9. The highest BCUT2D eigenvalue weighted by molar-refractivity contribution is 7.19. The summed E-state index contributed by atoms with van der Waals surface area (Å²) in [7, 11) is 1.32. The lowest BCUT2D eigenvalue weighted by atomic mass is 9.99. The first-order valence-corrected chi connectivity index (χ1v) is 11.0. The second-order valence-corrected chi connectivity index (χ2v) is 8.05. The first kappa shape index (κ1) is 23.8. The molecule has 0 saturated carbocycles. The van der Waals surface area contributed by atoms with Crippen LogP contribution in [0.15, 0.2) is 60.8 Å². The molecule has 0 fully saturated rings. The van der Waals surface area contributed by atoms with Crippen molar-refractivity contribution in [3.8, 4) is 10.4 Å². The van der Waals surface area contributed by atoms with Crippen LogP contribution in [0.3, 0.4) is 0 Å². The molecule has 33 heavy (non-hydrogen) atoms. The standard InChI is InChI=1S/C24H23N3O5S/c1-3-18(20(25)23(30)32-14-15-7-5-4-6-8-15)21(28)27-24-26-13-19(33-24)16-9-11-17(12-10-16)22(29)31-2/h4-13,18,25H,3,14H2,1-2H3,(H,26,27,28)/t18-/m0/s1. The quantitative estimate of drug-likeness (QED) is 0.359. The van der Waals surface area contributed by atoms with Gasteiger partial charge in [0.25, 0.3) is 0 Å². The van der Waals surface area contributed by atoms with Crippen molar-refractivity contribution in [2.24, 2.45) is 5.92 Å². The molecule has 0 radical (unpaired) electrons. The fraction of sp³-hybridized carbons (Fsp3) is 0.208. The van der Waals surface area contributed by atoms with Gasteiger partial charge in [0.1, 0.15) is 12.3 Å². The van der Waals surface area contributed by atoms with E-state index in [1.807, 2.05) is 30.3 Å². The molecule has 2 aromatic carbocycles. The number of carbonyl (C=O) groups is 3. The topological polar surface area (TPSA) is 118 Å². The summed E-state index contributed by atoms with van der Waals surface area (Å²) < 4.78 is 9.87. The number of benzene rings is 2. The van der Waals surface area contributed by atoms with Crippen LogP contribution in [0.1, 0.15) is 29.3 Å². The normalized spacial score (nSPS) is 11.3. The van der Waals surface area contributed by atoms with Crippen molar-refractivity contribution in [3.63, 3.8) is 0 Å². The minimum atomic E-state index is -0.958. The average molecular weight is 466 g/mol. The van der Waals surface area contributed by atoms with Crippen LogP contribution < -0.4 is 5.32 Å². The van der Waals surface area contributed by atoms with Crippen LogP contribution in [0.4, 0.5) is 5.13 Å². The SMILES string of the molecule is CC[C@@H](C(=N)C(=O)OCc1ccccc1)C(=O)Nc1ncc(-c2ccc(C(=O)OC)cc2)s1. The molecule has 0 aliphatic carbocycles. The van der Waals surface area contributed by atoms with Gasteiger partial charge in [-0.1, -0.05) is 60.7 Å². The van der Waals surface area contributed by atoms with Crippen LogP contribution >= 0.6 is 11.3 Å². The van der Waals surface area contributed by atoms with Gasteiger partial charge < -0.3 is 14.8 Å². The smallest absolute Gasteiger partial charge is 0.353 e. The highest BCUT2D eigenvalue weighted by Gasteiger charge is 2.28. The molecule has 0 unspecified atom stereocenters. The fourth-order valence-electron chi connectivity index (χ4n) is 3.01. The molecule has 3 rings (SSSR count). The number of aromatic nitrogens is 1. The summed E-state index contributed by atoms with van der Waals surface area (Å²) in [4.78, 5) is 41.6. The summed E-state index contributed by atoms with van der Waals surface area (Å²) >= 11 is 1.24. The Morgan fingerprint density at radius 2 is 1.79 bits per heavy atom. The van der Waals surface area contributed by atoms with Crippen molar-refractivity contribution in [2.45, 2.75) is 20.0 Å². The van der Waals surface area contributed by atoms with Crippen LogP contribution in [0, 0.1) is 11.3 Å². The maximum absolute atomic E-state index is 12.7. The van der Waals surface area contributed by atoms with Gasteiger partial charge in [-0.25, -0.2) is 14.6 Å². The van der Waals surface area contributed by atoms with Gasteiger partial charge in [-0.2, -0.15) is 0 Å². The van der Waals surface area contributed by atoms with Gasteiger partial charge in [-0.3, -0.25) is 10.2 Å². The van der Waals surface area contributed by atoms with Crippen molar-refractivity contribution in [1.29, 1.82) is 5.41 Å². The molecule has 170 valence electrons. The molecule has 0 aliphatic rings. The average Bonchev–Trinajstić information content (AvgIpc) is 3.31. The zero-order valence-electron chi connectivity index (χ0n) is 18.2. The second kappa shape index (κ2) is 11.1. The Morgan fingerprint density at radius 1 is 1.09 bits per heavy atom. The number of carbonyl (C=O) groups excluding carboxylic acids is 3. The zero-order chi connectivity index (χ0) is 23.8. The number of anilines is 1. The van der Waals surface area contributed by atoms with Crippen LogP contribution in [0.5, 0.6) is 0 Å². The summed E-state index contributed by atoms with van der Waals surface area (Å²) in [6, 6.07) is 15.9. The monoisotopic (exact) mass is 465 g/mol. The molecule has 9 heteroatoms. The fourth-order valence-corrected chi connectivity index (χ4v) is 3.83. The Morgan fingerprint density at radius 3 is 2.42 bits per heavy atom. The van der Waals surface area contributed by atoms with Crippen LogP contribution in [0.2, 0.25) is 0 Å². The van der Waals surface area contributed by atoms with Crippen LogP contribution in [0.25, 0.3) is 10.4 Å². The summed E-state index contributed by atoms with van der Waals surface area (Å²) in [6.45, 7) is 1.75. The van der Waals surface area contributed by atoms with Gasteiger partial charge in [0, 0.05) is 6.20 Å². The number of nitrogens with zero attached hydrogens (tertiary/aromatic N) is 1. The molecule has 1 amide bonds. The van der Waals surface area contributed by atoms with E-state index in [2.05, 4.69) is 10.3 Å². The van der Waals surface area contributed by atoms with Crippen molar-refractivity contribution >= 4 is 40.0 Å². The lowest BCUT2D eigenvalue weighted by molar-refractivity contribution is -0.137. The summed E-state index contributed by atoms with van der Waals surface area (Å²) in [5, 5.41) is 11.2. The molecule has 1 atom stereocenters. The lowest BCUT2D eigenvalue weighted by Crippen LogP contribution is -2.34. The van der Waals surface area contributed by atoms with Gasteiger partial charge in [-0.15, -0.1) is 0 Å². The predicted molar refractivity (Wildman–Crippen MR) is 125 cm³/mol. The van der Waals surface area contributed by atoms with E-state index in [-0.39, 0.29) is 13.0 Å².